The number of nitrogens with one attached hydrogen (secondary N) is 1. The first kappa shape index (κ1) is 12.6. The van der Waals surface area contributed by atoms with E-state index in [2.05, 4.69) is 44.4 Å². The number of benzene rings is 1. The van der Waals surface area contributed by atoms with Gasteiger partial charge in [0, 0.05) is 22.1 Å². The van der Waals surface area contributed by atoms with E-state index in [-0.39, 0.29) is 0 Å². The number of rotatable bonds is 4. The Kier molecular flexibility index (Phi) is 4.59. The van der Waals surface area contributed by atoms with Gasteiger partial charge in [-0.3, -0.25) is 0 Å². The molecule has 1 aromatic heterocycles. The SMILES string of the molecule is CNCc1ccc(Br)cc1Sc1ccccn1. The number of nitrogens with zero attached hydrogens (tertiary/aromatic N) is 1. The zero-order valence-electron chi connectivity index (χ0n) is 9.48. The predicted molar refractivity (Wildman–Crippen MR) is 75.3 cm³/mol. The van der Waals surface area contributed by atoms with E-state index in [1.807, 2.05) is 31.4 Å². The summed E-state index contributed by atoms with van der Waals surface area (Å²) >= 11 is 5.19. The van der Waals surface area contributed by atoms with E-state index in [1.165, 1.54) is 10.5 Å². The summed E-state index contributed by atoms with van der Waals surface area (Å²) < 4.78 is 1.09. The molecule has 0 saturated carbocycles. The van der Waals surface area contributed by atoms with Crippen LogP contribution >= 0.6 is 27.7 Å². The Labute approximate surface area is 114 Å². The average Bonchev–Trinajstić information content (AvgIpc) is 2.34. The van der Waals surface area contributed by atoms with Crippen LogP contribution in [0.2, 0.25) is 0 Å². The quantitative estimate of drug-likeness (QED) is 0.932. The van der Waals surface area contributed by atoms with Crippen LogP contribution in [-0.4, -0.2) is 12.0 Å². The van der Waals surface area contributed by atoms with E-state index in [1.54, 1.807) is 11.8 Å². The van der Waals surface area contributed by atoms with Gasteiger partial charge in [-0.2, -0.15) is 0 Å². The van der Waals surface area contributed by atoms with Gasteiger partial charge < -0.3 is 5.32 Å². The molecule has 0 radical (unpaired) electrons. The third-order valence-corrected chi connectivity index (χ3v) is 3.79. The topological polar surface area (TPSA) is 24.9 Å². The zero-order valence-corrected chi connectivity index (χ0v) is 11.9. The van der Waals surface area contributed by atoms with E-state index >= 15 is 0 Å². The highest BCUT2D eigenvalue weighted by Crippen LogP contribution is 2.31. The molecule has 0 spiro atoms. The molecule has 1 N–H and O–H groups in total. The van der Waals surface area contributed by atoms with Crippen molar-refractivity contribution in [2.75, 3.05) is 7.05 Å². The Morgan fingerprint density at radius 1 is 1.29 bits per heavy atom. The lowest BCUT2D eigenvalue weighted by atomic mass is 10.2. The van der Waals surface area contributed by atoms with Gasteiger partial charge in [-0.05, 0) is 36.9 Å². The lowest BCUT2D eigenvalue weighted by molar-refractivity contribution is 0.802. The molecule has 0 aliphatic heterocycles. The van der Waals surface area contributed by atoms with Gasteiger partial charge in [0.05, 0.1) is 0 Å². The van der Waals surface area contributed by atoms with Gasteiger partial charge >= 0.3 is 0 Å². The lowest BCUT2D eigenvalue weighted by Gasteiger charge is -2.08. The molecule has 1 aromatic carbocycles. The van der Waals surface area contributed by atoms with Crippen LogP contribution in [0.5, 0.6) is 0 Å². The summed E-state index contributed by atoms with van der Waals surface area (Å²) in [7, 11) is 1.96. The highest BCUT2D eigenvalue weighted by Gasteiger charge is 2.05. The average molecular weight is 309 g/mol. The second-order valence-electron chi connectivity index (χ2n) is 3.55. The van der Waals surface area contributed by atoms with Gasteiger partial charge in [-0.25, -0.2) is 4.98 Å². The maximum absolute atomic E-state index is 4.33. The molecule has 0 aliphatic carbocycles. The summed E-state index contributed by atoms with van der Waals surface area (Å²) in [6.45, 7) is 0.864. The van der Waals surface area contributed by atoms with E-state index in [4.69, 9.17) is 0 Å². The molecule has 2 rings (SSSR count). The molecular weight excluding hydrogens is 296 g/mol. The summed E-state index contributed by atoms with van der Waals surface area (Å²) in [5, 5.41) is 4.20. The van der Waals surface area contributed by atoms with Crippen molar-refractivity contribution in [1.82, 2.24) is 10.3 Å². The molecule has 2 nitrogen and oxygen atoms in total. The molecule has 17 heavy (non-hydrogen) atoms. The number of pyridine rings is 1. The van der Waals surface area contributed by atoms with Crippen molar-refractivity contribution in [1.29, 1.82) is 0 Å². The number of hydrogen-bond acceptors (Lipinski definition) is 3. The van der Waals surface area contributed by atoms with E-state index < -0.39 is 0 Å². The molecule has 0 atom stereocenters. The maximum Gasteiger partial charge on any atom is 0.101 e. The number of halogens is 1. The Hall–Kier alpha value is -0.840. The van der Waals surface area contributed by atoms with Crippen molar-refractivity contribution in [2.45, 2.75) is 16.5 Å². The maximum atomic E-state index is 4.33. The summed E-state index contributed by atoms with van der Waals surface area (Å²) in [5.74, 6) is 0. The first-order valence-electron chi connectivity index (χ1n) is 5.31. The van der Waals surface area contributed by atoms with Gasteiger partial charge in [0.15, 0.2) is 0 Å². The van der Waals surface area contributed by atoms with Gasteiger partial charge in [-0.15, -0.1) is 0 Å². The van der Waals surface area contributed by atoms with Crippen molar-refractivity contribution in [2.24, 2.45) is 0 Å². The predicted octanol–water partition coefficient (Wildman–Crippen LogP) is 3.71. The van der Waals surface area contributed by atoms with Crippen LogP contribution in [0.15, 0.2) is 57.0 Å². The Morgan fingerprint density at radius 3 is 2.88 bits per heavy atom. The highest BCUT2D eigenvalue weighted by molar-refractivity contribution is 9.10. The minimum atomic E-state index is 0.864. The van der Waals surface area contributed by atoms with Gasteiger partial charge in [0.1, 0.15) is 5.03 Å². The van der Waals surface area contributed by atoms with E-state index in [9.17, 15) is 0 Å². The van der Waals surface area contributed by atoms with E-state index in [0.717, 1.165) is 16.0 Å². The smallest absolute Gasteiger partial charge is 0.101 e. The van der Waals surface area contributed by atoms with Crippen LogP contribution in [0.25, 0.3) is 0 Å². The Balaban J connectivity index is 2.27. The molecule has 0 fully saturated rings. The second-order valence-corrected chi connectivity index (χ2v) is 5.53. The molecule has 0 bridgehead atoms. The Morgan fingerprint density at radius 2 is 2.18 bits per heavy atom. The Bertz CT molecular complexity index is 488. The summed E-state index contributed by atoms with van der Waals surface area (Å²) in [6.07, 6.45) is 1.82. The fourth-order valence-electron chi connectivity index (χ4n) is 1.48. The molecule has 0 aliphatic rings. The molecule has 0 amide bonds. The van der Waals surface area contributed by atoms with Gasteiger partial charge in [0.25, 0.3) is 0 Å². The molecule has 88 valence electrons. The highest BCUT2D eigenvalue weighted by atomic mass is 79.9. The third-order valence-electron chi connectivity index (χ3n) is 2.25. The molecule has 2 aromatic rings. The zero-order chi connectivity index (χ0) is 12.1. The first-order chi connectivity index (χ1) is 8.29. The molecule has 0 unspecified atom stereocenters. The standard InChI is InChI=1S/C13H13BrN2S/c1-15-9-10-5-6-11(14)8-12(10)17-13-4-2-3-7-16-13/h2-8,15H,9H2,1H3. The van der Waals surface area contributed by atoms with Crippen molar-refractivity contribution in [3.05, 3.63) is 52.6 Å². The molecule has 1 heterocycles. The van der Waals surface area contributed by atoms with Crippen LogP contribution in [0.4, 0.5) is 0 Å². The number of hydrogen-bond donors (Lipinski definition) is 1. The molecule has 4 heteroatoms. The minimum Gasteiger partial charge on any atom is -0.316 e. The van der Waals surface area contributed by atoms with Crippen molar-refractivity contribution < 1.29 is 0 Å². The van der Waals surface area contributed by atoms with Gasteiger partial charge in [0.2, 0.25) is 0 Å². The van der Waals surface area contributed by atoms with Crippen molar-refractivity contribution >= 4 is 27.7 Å². The first-order valence-corrected chi connectivity index (χ1v) is 6.92. The largest absolute Gasteiger partial charge is 0.316 e. The van der Waals surface area contributed by atoms with Crippen LogP contribution in [0.1, 0.15) is 5.56 Å². The molecule has 0 saturated heterocycles. The van der Waals surface area contributed by atoms with Crippen LogP contribution in [0.3, 0.4) is 0 Å². The van der Waals surface area contributed by atoms with E-state index in [0.29, 0.717) is 0 Å². The normalized spacial score (nSPS) is 10.5. The fourth-order valence-corrected chi connectivity index (χ4v) is 2.94. The fraction of sp³-hybridized carbons (Fsp3) is 0.154. The third kappa shape index (κ3) is 3.56. The van der Waals surface area contributed by atoms with Crippen LogP contribution in [-0.2, 0) is 6.54 Å². The van der Waals surface area contributed by atoms with Crippen LogP contribution < -0.4 is 5.32 Å². The summed E-state index contributed by atoms with van der Waals surface area (Å²) in [4.78, 5) is 5.56. The van der Waals surface area contributed by atoms with Gasteiger partial charge in [-0.1, -0.05) is 39.8 Å². The second kappa shape index (κ2) is 6.19. The molecular formula is C13H13BrN2S. The summed E-state index contributed by atoms with van der Waals surface area (Å²) in [6, 6.07) is 12.3. The van der Waals surface area contributed by atoms with Crippen LogP contribution in [0, 0.1) is 0 Å². The summed E-state index contributed by atoms with van der Waals surface area (Å²) in [5.41, 5.74) is 1.28. The minimum absolute atomic E-state index is 0.864. The van der Waals surface area contributed by atoms with Crippen molar-refractivity contribution in [3.8, 4) is 0 Å². The monoisotopic (exact) mass is 308 g/mol. The van der Waals surface area contributed by atoms with Crippen molar-refractivity contribution in [3.63, 3.8) is 0 Å². The lowest BCUT2D eigenvalue weighted by Crippen LogP contribution is -2.06. The number of aromatic nitrogens is 1.